The molecule has 0 aromatic rings. The predicted molar refractivity (Wildman–Crippen MR) is 63.4 cm³/mol. The molecule has 2 rings (SSSR count). The number of carboxylic acid groups (broad SMARTS) is 1. The zero-order valence-corrected chi connectivity index (χ0v) is 10.0. The van der Waals surface area contributed by atoms with E-state index in [-0.39, 0.29) is 0 Å². The van der Waals surface area contributed by atoms with Gasteiger partial charge in [0.15, 0.2) is 0 Å². The maximum absolute atomic E-state index is 10.4. The smallest absolute Gasteiger partial charge is 0.303 e. The van der Waals surface area contributed by atoms with Crippen molar-refractivity contribution in [1.82, 2.24) is 4.90 Å². The molecule has 0 spiro atoms. The maximum atomic E-state index is 10.4. The molecule has 0 aliphatic heterocycles. The van der Waals surface area contributed by atoms with Gasteiger partial charge in [0.1, 0.15) is 0 Å². The highest BCUT2D eigenvalue weighted by Gasteiger charge is 2.32. The highest BCUT2D eigenvalue weighted by atomic mass is 16.4. The lowest BCUT2D eigenvalue weighted by atomic mass is 10.2. The van der Waals surface area contributed by atoms with Gasteiger partial charge >= 0.3 is 5.97 Å². The van der Waals surface area contributed by atoms with E-state index in [1.54, 1.807) is 0 Å². The summed E-state index contributed by atoms with van der Waals surface area (Å²) in [7, 11) is 0. The fourth-order valence-corrected chi connectivity index (χ4v) is 2.26. The van der Waals surface area contributed by atoms with Crippen LogP contribution < -0.4 is 0 Å². The quantitative estimate of drug-likeness (QED) is 0.613. The van der Waals surface area contributed by atoms with Gasteiger partial charge in [-0.05, 0) is 51.0 Å². The highest BCUT2D eigenvalue weighted by Crippen LogP contribution is 2.34. The summed E-state index contributed by atoms with van der Waals surface area (Å²) >= 11 is 0. The van der Waals surface area contributed by atoms with Crippen LogP contribution in [0.3, 0.4) is 0 Å². The Labute approximate surface area is 97.8 Å². The fraction of sp³-hybridized carbons (Fsp3) is 0.923. The Kier molecular flexibility index (Phi) is 4.22. The number of hydrogen-bond donors (Lipinski definition) is 1. The maximum Gasteiger partial charge on any atom is 0.303 e. The number of rotatable bonds is 9. The molecule has 2 aliphatic carbocycles. The zero-order chi connectivity index (χ0) is 11.4. The van der Waals surface area contributed by atoms with E-state index in [2.05, 4.69) is 4.90 Å². The van der Waals surface area contributed by atoms with Gasteiger partial charge in [0, 0.05) is 19.0 Å². The second kappa shape index (κ2) is 5.67. The Morgan fingerprint density at radius 2 is 1.88 bits per heavy atom. The monoisotopic (exact) mass is 225 g/mol. The molecular formula is C13H23NO2. The third kappa shape index (κ3) is 4.52. The van der Waals surface area contributed by atoms with E-state index in [9.17, 15) is 4.79 Å². The molecule has 0 aromatic heterocycles. The third-order valence-electron chi connectivity index (χ3n) is 3.59. The van der Waals surface area contributed by atoms with E-state index in [4.69, 9.17) is 5.11 Å². The largest absolute Gasteiger partial charge is 0.481 e. The fourth-order valence-electron chi connectivity index (χ4n) is 2.26. The molecule has 0 heterocycles. The molecule has 0 radical (unpaired) electrons. The lowest BCUT2D eigenvalue weighted by Crippen LogP contribution is -2.29. The number of hydrogen-bond acceptors (Lipinski definition) is 2. The Morgan fingerprint density at radius 3 is 2.44 bits per heavy atom. The first-order chi connectivity index (χ1) is 7.75. The molecule has 92 valence electrons. The molecule has 0 aromatic carbocycles. The predicted octanol–water partition coefficient (Wildman–Crippen LogP) is 2.51. The first-order valence-corrected chi connectivity index (χ1v) is 6.71. The topological polar surface area (TPSA) is 40.5 Å². The van der Waals surface area contributed by atoms with Crippen molar-refractivity contribution in [3.05, 3.63) is 0 Å². The van der Waals surface area contributed by atoms with E-state index in [1.807, 2.05) is 0 Å². The molecule has 0 atom stereocenters. The average molecular weight is 225 g/mol. The molecular weight excluding hydrogens is 202 g/mol. The molecule has 2 aliphatic rings. The van der Waals surface area contributed by atoms with Crippen LogP contribution in [0.15, 0.2) is 0 Å². The normalized spacial score (nSPS) is 20.3. The van der Waals surface area contributed by atoms with E-state index < -0.39 is 5.97 Å². The Morgan fingerprint density at radius 1 is 1.12 bits per heavy atom. The molecule has 0 saturated heterocycles. The van der Waals surface area contributed by atoms with Crippen LogP contribution in [-0.4, -0.2) is 35.1 Å². The van der Waals surface area contributed by atoms with Crippen molar-refractivity contribution in [2.24, 2.45) is 5.92 Å². The van der Waals surface area contributed by atoms with Crippen LogP contribution in [0.25, 0.3) is 0 Å². The molecule has 3 nitrogen and oxygen atoms in total. The molecule has 2 fully saturated rings. The van der Waals surface area contributed by atoms with E-state index in [0.29, 0.717) is 6.42 Å². The second-order valence-electron chi connectivity index (χ2n) is 5.37. The van der Waals surface area contributed by atoms with Crippen molar-refractivity contribution < 1.29 is 9.90 Å². The zero-order valence-electron chi connectivity index (χ0n) is 10.0. The average Bonchev–Trinajstić information content (AvgIpc) is 3.08. The third-order valence-corrected chi connectivity index (χ3v) is 3.59. The Hall–Kier alpha value is -0.570. The Bertz CT molecular complexity index is 234. The van der Waals surface area contributed by atoms with Gasteiger partial charge < -0.3 is 10.0 Å². The van der Waals surface area contributed by atoms with Gasteiger partial charge in [0.05, 0.1) is 0 Å². The van der Waals surface area contributed by atoms with E-state index in [0.717, 1.165) is 24.8 Å². The summed E-state index contributed by atoms with van der Waals surface area (Å²) in [6.07, 6.45) is 9.08. The number of unbranched alkanes of at least 4 members (excludes halogenated alkanes) is 2. The first-order valence-electron chi connectivity index (χ1n) is 6.71. The van der Waals surface area contributed by atoms with Crippen LogP contribution >= 0.6 is 0 Å². The van der Waals surface area contributed by atoms with Crippen molar-refractivity contribution in [3.8, 4) is 0 Å². The minimum Gasteiger partial charge on any atom is -0.481 e. The number of nitrogens with zero attached hydrogens (tertiary/aromatic N) is 1. The molecule has 0 unspecified atom stereocenters. The van der Waals surface area contributed by atoms with Crippen molar-refractivity contribution >= 4 is 5.97 Å². The minimum absolute atomic E-state index is 0.339. The summed E-state index contributed by atoms with van der Waals surface area (Å²) in [5.41, 5.74) is 0. The summed E-state index contributed by atoms with van der Waals surface area (Å²) < 4.78 is 0. The SMILES string of the molecule is O=C(O)CCCCCN(CC1CC1)C1CC1. The van der Waals surface area contributed by atoms with Crippen molar-refractivity contribution in [2.45, 2.75) is 57.4 Å². The van der Waals surface area contributed by atoms with Crippen LogP contribution in [0.4, 0.5) is 0 Å². The van der Waals surface area contributed by atoms with Crippen molar-refractivity contribution in [1.29, 1.82) is 0 Å². The van der Waals surface area contributed by atoms with Crippen LogP contribution in [0, 0.1) is 5.92 Å². The molecule has 2 saturated carbocycles. The second-order valence-corrected chi connectivity index (χ2v) is 5.37. The van der Waals surface area contributed by atoms with Gasteiger partial charge in [-0.2, -0.15) is 0 Å². The number of aliphatic carboxylic acids is 1. The summed E-state index contributed by atoms with van der Waals surface area (Å²) in [4.78, 5) is 13.0. The molecule has 0 bridgehead atoms. The standard InChI is InChI=1S/C13H23NO2/c15-13(16)4-2-1-3-9-14(12-7-8-12)10-11-5-6-11/h11-12H,1-10H2,(H,15,16). The number of carboxylic acids is 1. The van der Waals surface area contributed by atoms with Gasteiger partial charge in [-0.15, -0.1) is 0 Å². The molecule has 16 heavy (non-hydrogen) atoms. The number of carbonyl (C=O) groups is 1. The molecule has 0 amide bonds. The summed E-state index contributed by atoms with van der Waals surface area (Å²) in [5, 5.41) is 8.54. The summed E-state index contributed by atoms with van der Waals surface area (Å²) in [6, 6.07) is 0.875. The van der Waals surface area contributed by atoms with Gasteiger partial charge in [0.2, 0.25) is 0 Å². The van der Waals surface area contributed by atoms with Crippen LogP contribution in [0.1, 0.15) is 51.4 Å². The van der Waals surface area contributed by atoms with Crippen molar-refractivity contribution in [3.63, 3.8) is 0 Å². The van der Waals surface area contributed by atoms with E-state index >= 15 is 0 Å². The van der Waals surface area contributed by atoms with Crippen LogP contribution in [0.2, 0.25) is 0 Å². The lowest BCUT2D eigenvalue weighted by molar-refractivity contribution is -0.137. The van der Waals surface area contributed by atoms with Crippen LogP contribution in [0.5, 0.6) is 0 Å². The van der Waals surface area contributed by atoms with Gasteiger partial charge in [-0.1, -0.05) is 6.42 Å². The first kappa shape index (κ1) is 11.9. The highest BCUT2D eigenvalue weighted by molar-refractivity contribution is 5.66. The summed E-state index contributed by atoms with van der Waals surface area (Å²) in [6.45, 7) is 2.50. The van der Waals surface area contributed by atoms with E-state index in [1.165, 1.54) is 45.2 Å². The molecule has 3 heteroatoms. The van der Waals surface area contributed by atoms with Crippen molar-refractivity contribution in [2.75, 3.05) is 13.1 Å². The van der Waals surface area contributed by atoms with Crippen LogP contribution in [-0.2, 0) is 4.79 Å². The summed E-state index contributed by atoms with van der Waals surface area (Å²) in [5.74, 6) is 0.330. The Balaban J connectivity index is 1.53. The lowest BCUT2D eigenvalue weighted by Gasteiger charge is -2.21. The minimum atomic E-state index is -0.656. The van der Waals surface area contributed by atoms with Gasteiger partial charge in [-0.25, -0.2) is 0 Å². The van der Waals surface area contributed by atoms with Gasteiger partial charge in [-0.3, -0.25) is 4.79 Å². The molecule has 1 N–H and O–H groups in total. The van der Waals surface area contributed by atoms with Gasteiger partial charge in [0.25, 0.3) is 0 Å².